The number of nitrogens with zero attached hydrogens (tertiary/aromatic N) is 1. The Kier molecular flexibility index (Phi) is 6.04. The molecular formula is C39H23F6N. The van der Waals surface area contributed by atoms with Gasteiger partial charge < -0.3 is 4.90 Å². The van der Waals surface area contributed by atoms with Crippen LogP contribution in [-0.2, 0) is 17.8 Å². The Morgan fingerprint density at radius 2 is 0.783 bits per heavy atom. The van der Waals surface area contributed by atoms with Gasteiger partial charge in [0.2, 0.25) is 0 Å². The van der Waals surface area contributed by atoms with E-state index in [-0.39, 0.29) is 0 Å². The fourth-order valence-electron chi connectivity index (χ4n) is 7.34. The van der Waals surface area contributed by atoms with Gasteiger partial charge in [-0.05, 0) is 93.5 Å². The Balaban J connectivity index is 1.42. The van der Waals surface area contributed by atoms with E-state index in [0.717, 1.165) is 68.8 Å². The molecular weight excluding hydrogens is 596 g/mol. The second-order valence-corrected chi connectivity index (χ2v) is 11.5. The lowest BCUT2D eigenvalue weighted by molar-refractivity contribution is -0.138. The van der Waals surface area contributed by atoms with Crippen LogP contribution >= 0.6 is 0 Å². The molecule has 0 amide bonds. The minimum atomic E-state index is -4.54. The number of anilines is 3. The second-order valence-electron chi connectivity index (χ2n) is 11.5. The van der Waals surface area contributed by atoms with E-state index in [1.165, 1.54) is 24.3 Å². The van der Waals surface area contributed by atoms with Crippen molar-refractivity contribution in [2.75, 3.05) is 4.90 Å². The quantitative estimate of drug-likeness (QED) is 0.178. The molecule has 0 unspecified atom stereocenters. The summed E-state index contributed by atoms with van der Waals surface area (Å²) in [5.74, 6) is 0. The summed E-state index contributed by atoms with van der Waals surface area (Å²) in [6.07, 6.45) is -9.08. The summed E-state index contributed by atoms with van der Waals surface area (Å²) < 4.78 is 81.4. The van der Waals surface area contributed by atoms with Crippen molar-refractivity contribution in [1.82, 2.24) is 0 Å². The largest absolute Gasteiger partial charge is 0.416 e. The zero-order valence-electron chi connectivity index (χ0n) is 24.0. The first-order chi connectivity index (χ1) is 22.1. The summed E-state index contributed by atoms with van der Waals surface area (Å²) in [5, 5.41) is 0. The maximum absolute atomic E-state index is 13.6. The highest BCUT2D eigenvalue weighted by atomic mass is 19.4. The van der Waals surface area contributed by atoms with Crippen LogP contribution in [-0.4, -0.2) is 0 Å². The van der Waals surface area contributed by atoms with Crippen LogP contribution in [0.4, 0.5) is 43.4 Å². The predicted octanol–water partition coefficient (Wildman–Crippen LogP) is 11.5. The van der Waals surface area contributed by atoms with Crippen molar-refractivity contribution in [1.29, 1.82) is 0 Å². The lowest BCUT2D eigenvalue weighted by Crippen LogP contribution is -2.26. The molecule has 0 aromatic heterocycles. The van der Waals surface area contributed by atoms with E-state index < -0.39 is 28.9 Å². The van der Waals surface area contributed by atoms with Gasteiger partial charge in [0.1, 0.15) is 0 Å². The van der Waals surface area contributed by atoms with Crippen molar-refractivity contribution in [2.45, 2.75) is 17.8 Å². The summed E-state index contributed by atoms with van der Waals surface area (Å²) in [5.41, 5.74) is 7.46. The van der Waals surface area contributed by atoms with Crippen LogP contribution in [0.2, 0.25) is 0 Å². The molecule has 0 saturated heterocycles. The normalized spacial score (nSPS) is 14.0. The van der Waals surface area contributed by atoms with Crippen molar-refractivity contribution in [3.63, 3.8) is 0 Å². The van der Waals surface area contributed by atoms with Crippen molar-refractivity contribution in [3.05, 3.63) is 173 Å². The van der Waals surface area contributed by atoms with E-state index in [2.05, 4.69) is 36.4 Å². The smallest absolute Gasteiger partial charge is 0.310 e. The maximum atomic E-state index is 13.6. The van der Waals surface area contributed by atoms with E-state index in [1.807, 2.05) is 54.6 Å². The van der Waals surface area contributed by atoms with Crippen LogP contribution in [0, 0.1) is 0 Å². The van der Waals surface area contributed by atoms with Crippen LogP contribution < -0.4 is 4.90 Å². The first kappa shape index (κ1) is 28.2. The number of hydrogen-bond acceptors (Lipinski definition) is 1. The minimum absolute atomic E-state index is 0.381. The third-order valence-electron chi connectivity index (χ3n) is 9.15. The van der Waals surface area contributed by atoms with E-state index in [4.69, 9.17) is 0 Å². The standard InChI is InChI=1S/C39H23F6N/c40-38(41,42)24-16-20-26(21-17-24)46(27-22-18-25(19-23-27)39(43,44)45)35-15-7-14-34-36(35)30-10-3-6-13-33(30)37(34)31-11-4-1-8-28(31)29-9-2-5-12-32(29)37/h1-23H. The minimum Gasteiger partial charge on any atom is -0.310 e. The van der Waals surface area contributed by atoms with Crippen LogP contribution in [0.1, 0.15) is 33.4 Å². The fourth-order valence-corrected chi connectivity index (χ4v) is 7.34. The zero-order chi connectivity index (χ0) is 31.8. The van der Waals surface area contributed by atoms with Gasteiger partial charge >= 0.3 is 12.4 Å². The highest BCUT2D eigenvalue weighted by Crippen LogP contribution is 2.64. The van der Waals surface area contributed by atoms with Gasteiger partial charge in [-0.3, -0.25) is 0 Å². The molecule has 0 heterocycles. The van der Waals surface area contributed by atoms with Gasteiger partial charge in [-0.1, -0.05) is 84.9 Å². The molecule has 0 fully saturated rings. The Morgan fingerprint density at radius 3 is 1.24 bits per heavy atom. The Labute approximate surface area is 261 Å². The van der Waals surface area contributed by atoms with Gasteiger partial charge in [0.25, 0.3) is 0 Å². The summed E-state index contributed by atoms with van der Waals surface area (Å²) in [6, 6.07) is 39.9. The highest BCUT2D eigenvalue weighted by molar-refractivity contribution is 6.01. The SMILES string of the molecule is FC(F)(F)c1ccc(N(c2ccc(C(F)(F)F)cc2)c2cccc3c2-c2ccccc2C32c3ccccc3-c3ccccc32)cc1. The monoisotopic (exact) mass is 619 g/mol. The molecule has 226 valence electrons. The molecule has 0 saturated carbocycles. The van der Waals surface area contributed by atoms with Crippen molar-refractivity contribution < 1.29 is 26.3 Å². The van der Waals surface area contributed by atoms with Crippen molar-refractivity contribution in [3.8, 4) is 22.3 Å². The van der Waals surface area contributed by atoms with E-state index in [9.17, 15) is 26.3 Å². The molecule has 7 heteroatoms. The molecule has 2 aliphatic carbocycles. The molecule has 6 aromatic carbocycles. The number of halogens is 6. The average Bonchev–Trinajstić information content (AvgIpc) is 3.53. The zero-order valence-corrected chi connectivity index (χ0v) is 24.0. The molecule has 0 bridgehead atoms. The van der Waals surface area contributed by atoms with Gasteiger partial charge in [-0.15, -0.1) is 0 Å². The first-order valence-corrected chi connectivity index (χ1v) is 14.7. The highest BCUT2D eigenvalue weighted by Gasteiger charge is 2.52. The van der Waals surface area contributed by atoms with E-state index in [1.54, 1.807) is 4.90 Å². The van der Waals surface area contributed by atoms with Gasteiger partial charge in [-0.2, -0.15) is 26.3 Å². The average molecular weight is 620 g/mol. The molecule has 0 radical (unpaired) electrons. The number of benzene rings is 6. The predicted molar refractivity (Wildman–Crippen MR) is 167 cm³/mol. The van der Waals surface area contributed by atoms with Gasteiger partial charge in [0, 0.05) is 16.9 Å². The van der Waals surface area contributed by atoms with Gasteiger partial charge in [0.15, 0.2) is 0 Å². The number of hydrogen-bond donors (Lipinski definition) is 0. The molecule has 6 aromatic rings. The van der Waals surface area contributed by atoms with E-state index in [0.29, 0.717) is 17.1 Å². The lowest BCUT2D eigenvalue weighted by atomic mass is 9.70. The van der Waals surface area contributed by atoms with Crippen LogP contribution in [0.5, 0.6) is 0 Å². The number of alkyl halides is 6. The second kappa shape index (κ2) is 9.85. The summed E-state index contributed by atoms with van der Waals surface area (Å²) in [6.45, 7) is 0. The van der Waals surface area contributed by atoms with Crippen LogP contribution in [0.3, 0.4) is 0 Å². The molecule has 0 atom stereocenters. The summed E-state index contributed by atoms with van der Waals surface area (Å²) in [4.78, 5) is 1.74. The van der Waals surface area contributed by atoms with Crippen LogP contribution in [0.15, 0.2) is 140 Å². The summed E-state index contributed by atoms with van der Waals surface area (Å²) in [7, 11) is 0. The topological polar surface area (TPSA) is 3.24 Å². The number of rotatable bonds is 3. The molecule has 1 spiro atoms. The lowest BCUT2D eigenvalue weighted by Gasteiger charge is -2.32. The van der Waals surface area contributed by atoms with Gasteiger partial charge in [0.05, 0.1) is 22.2 Å². The molecule has 8 rings (SSSR count). The summed E-state index contributed by atoms with van der Waals surface area (Å²) >= 11 is 0. The van der Waals surface area contributed by atoms with Crippen molar-refractivity contribution >= 4 is 17.1 Å². The van der Waals surface area contributed by atoms with Crippen molar-refractivity contribution in [2.24, 2.45) is 0 Å². The van der Waals surface area contributed by atoms with Crippen LogP contribution in [0.25, 0.3) is 22.3 Å². The fraction of sp³-hybridized carbons (Fsp3) is 0.0769. The molecule has 2 aliphatic rings. The third-order valence-corrected chi connectivity index (χ3v) is 9.15. The molecule has 0 N–H and O–H groups in total. The Morgan fingerprint density at radius 1 is 0.391 bits per heavy atom. The molecule has 1 nitrogen and oxygen atoms in total. The Hall–Kier alpha value is -5.30. The third kappa shape index (κ3) is 3.97. The number of fused-ring (bicyclic) bond motifs is 10. The van der Waals surface area contributed by atoms with E-state index >= 15 is 0 Å². The van der Waals surface area contributed by atoms with Gasteiger partial charge in [-0.25, -0.2) is 0 Å². The Bertz CT molecular complexity index is 2020. The molecule has 0 aliphatic heterocycles. The first-order valence-electron chi connectivity index (χ1n) is 14.7. The molecule has 46 heavy (non-hydrogen) atoms. The maximum Gasteiger partial charge on any atom is 0.416 e.